The smallest absolute Gasteiger partial charge is 0.268 e. The molecule has 5 nitrogen and oxygen atoms in total. The molecule has 0 atom stereocenters. The first-order valence-corrected chi connectivity index (χ1v) is 8.06. The molecule has 0 saturated heterocycles. The highest BCUT2D eigenvalue weighted by Gasteiger charge is 2.16. The van der Waals surface area contributed by atoms with E-state index in [2.05, 4.69) is 28.8 Å². The highest BCUT2D eigenvalue weighted by atomic mass is 16.1. The molecule has 2 N–H and O–H groups in total. The molecule has 24 heavy (non-hydrogen) atoms. The molecule has 1 amide bonds. The Morgan fingerprint density at radius 2 is 1.88 bits per heavy atom. The largest absolute Gasteiger partial charge is 0.364 e. The molecule has 3 aromatic rings. The van der Waals surface area contributed by atoms with Gasteiger partial charge in [-0.2, -0.15) is 0 Å². The van der Waals surface area contributed by atoms with Gasteiger partial charge in [0.2, 0.25) is 0 Å². The summed E-state index contributed by atoms with van der Waals surface area (Å²) in [5.74, 6) is 0.677. The molecule has 0 radical (unpaired) electrons. The quantitative estimate of drug-likeness (QED) is 0.781. The van der Waals surface area contributed by atoms with Gasteiger partial charge in [0.15, 0.2) is 0 Å². The second kappa shape index (κ2) is 6.74. The molecule has 0 spiro atoms. The Bertz CT molecular complexity index is 875. The molecular weight excluding hydrogens is 300 g/mol. The Morgan fingerprint density at radius 3 is 2.54 bits per heavy atom. The van der Waals surface area contributed by atoms with Crippen molar-refractivity contribution in [3.8, 4) is 11.1 Å². The lowest BCUT2D eigenvalue weighted by atomic mass is 9.99. The van der Waals surface area contributed by atoms with Crippen LogP contribution in [0.1, 0.15) is 36.6 Å². The number of primary amides is 1. The van der Waals surface area contributed by atoms with E-state index in [1.807, 2.05) is 30.3 Å². The van der Waals surface area contributed by atoms with Crippen molar-refractivity contribution < 1.29 is 4.79 Å². The number of carbonyl (C=O) groups excluding carboxylic acids is 1. The minimum atomic E-state index is -0.533. The third-order valence-electron chi connectivity index (χ3n) is 3.94. The van der Waals surface area contributed by atoms with Crippen LogP contribution < -0.4 is 5.73 Å². The maximum absolute atomic E-state index is 12.0. The summed E-state index contributed by atoms with van der Waals surface area (Å²) in [6, 6.07) is 9.56. The van der Waals surface area contributed by atoms with Gasteiger partial charge < -0.3 is 5.73 Å². The SMILES string of the molecule is CC(C)CCc1nc(C(N)=O)c2c(-c3ccncc3)cccc2n1. The summed E-state index contributed by atoms with van der Waals surface area (Å²) in [4.78, 5) is 25.1. The van der Waals surface area contributed by atoms with E-state index in [-0.39, 0.29) is 5.69 Å². The van der Waals surface area contributed by atoms with Gasteiger partial charge in [-0.15, -0.1) is 0 Å². The van der Waals surface area contributed by atoms with Crippen molar-refractivity contribution in [3.63, 3.8) is 0 Å². The van der Waals surface area contributed by atoms with Crippen LogP contribution in [0.3, 0.4) is 0 Å². The number of fused-ring (bicyclic) bond motifs is 1. The number of aryl methyl sites for hydroxylation is 1. The van der Waals surface area contributed by atoms with Crippen LogP contribution in [0.5, 0.6) is 0 Å². The second-order valence-corrected chi connectivity index (χ2v) is 6.22. The lowest BCUT2D eigenvalue weighted by molar-refractivity contribution is 0.0997. The monoisotopic (exact) mass is 320 g/mol. The number of nitrogens with two attached hydrogens (primary N) is 1. The van der Waals surface area contributed by atoms with Crippen molar-refractivity contribution >= 4 is 16.8 Å². The van der Waals surface area contributed by atoms with Crippen molar-refractivity contribution in [1.82, 2.24) is 15.0 Å². The third kappa shape index (κ3) is 3.25. The highest BCUT2D eigenvalue weighted by molar-refractivity contribution is 6.09. The van der Waals surface area contributed by atoms with E-state index < -0.39 is 5.91 Å². The van der Waals surface area contributed by atoms with Crippen molar-refractivity contribution in [3.05, 3.63) is 54.2 Å². The molecule has 5 heteroatoms. The predicted octanol–water partition coefficient (Wildman–Crippen LogP) is 3.38. The van der Waals surface area contributed by atoms with E-state index in [9.17, 15) is 4.79 Å². The van der Waals surface area contributed by atoms with Gasteiger partial charge in [0, 0.05) is 24.2 Å². The number of hydrogen-bond donors (Lipinski definition) is 1. The number of aromatic nitrogens is 3. The molecular formula is C19H20N4O. The molecule has 0 saturated carbocycles. The van der Waals surface area contributed by atoms with E-state index in [1.54, 1.807) is 12.4 Å². The summed E-state index contributed by atoms with van der Waals surface area (Å²) < 4.78 is 0. The standard InChI is InChI=1S/C19H20N4O/c1-12(2)6-7-16-22-15-5-3-4-14(13-8-10-21-11-9-13)17(15)18(23-16)19(20)24/h3-5,8-12H,6-7H2,1-2H3,(H2,20,24). The van der Waals surface area contributed by atoms with Crippen LogP contribution in [0.15, 0.2) is 42.7 Å². The van der Waals surface area contributed by atoms with E-state index in [4.69, 9.17) is 5.73 Å². The first-order chi connectivity index (χ1) is 11.6. The van der Waals surface area contributed by atoms with Crippen LogP contribution in [-0.2, 0) is 6.42 Å². The first kappa shape index (κ1) is 16.1. The van der Waals surface area contributed by atoms with Crippen LogP contribution >= 0.6 is 0 Å². The molecule has 0 fully saturated rings. The van der Waals surface area contributed by atoms with Crippen LogP contribution in [-0.4, -0.2) is 20.9 Å². The topological polar surface area (TPSA) is 81.8 Å². The Morgan fingerprint density at radius 1 is 1.12 bits per heavy atom. The van der Waals surface area contributed by atoms with Crippen LogP contribution in [0.25, 0.3) is 22.0 Å². The van der Waals surface area contributed by atoms with Gasteiger partial charge >= 0.3 is 0 Å². The number of benzene rings is 1. The molecule has 2 heterocycles. The van der Waals surface area contributed by atoms with Gasteiger partial charge in [0.25, 0.3) is 5.91 Å². The van der Waals surface area contributed by atoms with Gasteiger partial charge in [0.1, 0.15) is 11.5 Å². The van der Waals surface area contributed by atoms with Crippen molar-refractivity contribution in [2.24, 2.45) is 11.7 Å². The van der Waals surface area contributed by atoms with Gasteiger partial charge in [0.05, 0.1) is 5.52 Å². The second-order valence-electron chi connectivity index (χ2n) is 6.22. The van der Waals surface area contributed by atoms with Crippen LogP contribution in [0.2, 0.25) is 0 Å². The average molecular weight is 320 g/mol. The van der Waals surface area contributed by atoms with E-state index in [1.165, 1.54) is 0 Å². The number of nitrogens with zero attached hydrogens (tertiary/aromatic N) is 3. The van der Waals surface area contributed by atoms with Gasteiger partial charge in [-0.3, -0.25) is 9.78 Å². The van der Waals surface area contributed by atoms with Crippen LogP contribution in [0, 0.1) is 5.92 Å². The molecule has 2 aromatic heterocycles. The number of rotatable bonds is 5. The maximum atomic E-state index is 12.0. The fraction of sp³-hybridized carbons (Fsp3) is 0.263. The average Bonchev–Trinajstić information content (AvgIpc) is 2.59. The minimum absolute atomic E-state index is 0.283. The first-order valence-electron chi connectivity index (χ1n) is 8.06. The predicted molar refractivity (Wildman–Crippen MR) is 94.4 cm³/mol. The van der Waals surface area contributed by atoms with Gasteiger partial charge in [-0.05, 0) is 41.7 Å². The molecule has 0 aliphatic rings. The van der Waals surface area contributed by atoms with Crippen molar-refractivity contribution in [2.45, 2.75) is 26.7 Å². The van der Waals surface area contributed by atoms with Crippen LogP contribution in [0.4, 0.5) is 0 Å². The number of pyridine rings is 1. The molecule has 3 rings (SSSR count). The van der Waals surface area contributed by atoms with Crippen molar-refractivity contribution in [1.29, 1.82) is 0 Å². The minimum Gasteiger partial charge on any atom is -0.364 e. The lowest BCUT2D eigenvalue weighted by Crippen LogP contribution is -2.16. The lowest BCUT2D eigenvalue weighted by Gasteiger charge is -2.11. The Balaban J connectivity index is 2.20. The Kier molecular flexibility index (Phi) is 4.51. The van der Waals surface area contributed by atoms with E-state index in [0.717, 1.165) is 29.5 Å². The van der Waals surface area contributed by atoms with Crippen molar-refractivity contribution in [2.75, 3.05) is 0 Å². The summed E-state index contributed by atoms with van der Waals surface area (Å²) in [6.07, 6.45) is 5.13. The van der Waals surface area contributed by atoms with E-state index in [0.29, 0.717) is 17.1 Å². The number of carbonyl (C=O) groups is 1. The summed E-state index contributed by atoms with van der Waals surface area (Å²) in [5.41, 5.74) is 8.48. The number of hydrogen-bond acceptors (Lipinski definition) is 4. The van der Waals surface area contributed by atoms with Gasteiger partial charge in [-0.1, -0.05) is 26.0 Å². The Hall–Kier alpha value is -2.82. The third-order valence-corrected chi connectivity index (χ3v) is 3.94. The Labute approximate surface area is 141 Å². The normalized spacial score (nSPS) is 11.1. The summed E-state index contributed by atoms with van der Waals surface area (Å²) in [6.45, 7) is 4.30. The molecule has 0 aliphatic heterocycles. The zero-order valence-electron chi connectivity index (χ0n) is 13.9. The fourth-order valence-corrected chi connectivity index (χ4v) is 2.71. The zero-order valence-corrected chi connectivity index (χ0v) is 13.9. The summed E-state index contributed by atoms with van der Waals surface area (Å²) in [7, 11) is 0. The molecule has 1 aromatic carbocycles. The zero-order chi connectivity index (χ0) is 17.1. The highest BCUT2D eigenvalue weighted by Crippen LogP contribution is 2.29. The summed E-state index contributed by atoms with van der Waals surface area (Å²) in [5, 5.41) is 0.699. The van der Waals surface area contributed by atoms with Gasteiger partial charge in [-0.25, -0.2) is 9.97 Å². The maximum Gasteiger partial charge on any atom is 0.268 e. The molecule has 0 aliphatic carbocycles. The fourth-order valence-electron chi connectivity index (χ4n) is 2.71. The molecule has 0 bridgehead atoms. The summed E-state index contributed by atoms with van der Waals surface area (Å²) >= 11 is 0. The van der Waals surface area contributed by atoms with E-state index >= 15 is 0 Å². The molecule has 0 unspecified atom stereocenters. The number of amides is 1. The molecule has 122 valence electrons.